The van der Waals surface area contributed by atoms with Crippen molar-refractivity contribution in [1.29, 1.82) is 0 Å². The van der Waals surface area contributed by atoms with Gasteiger partial charge in [0.15, 0.2) is 0 Å². The van der Waals surface area contributed by atoms with Crippen LogP contribution in [0.15, 0.2) is 48.7 Å². The van der Waals surface area contributed by atoms with E-state index in [4.69, 9.17) is 39.5 Å². The van der Waals surface area contributed by atoms with Crippen molar-refractivity contribution in [2.24, 2.45) is 0 Å². The molecule has 2 aromatic carbocycles. The van der Waals surface area contributed by atoms with Gasteiger partial charge in [0.25, 0.3) is 0 Å². The Labute approximate surface area is 180 Å². The summed E-state index contributed by atoms with van der Waals surface area (Å²) in [5.74, 6) is 0. The van der Waals surface area contributed by atoms with E-state index in [1.165, 1.54) is 0 Å². The molecular weight excluding hydrogens is 417 g/mol. The summed E-state index contributed by atoms with van der Waals surface area (Å²) in [7, 11) is 0. The molecule has 0 fully saturated rings. The second-order valence-corrected chi connectivity index (χ2v) is 7.91. The summed E-state index contributed by atoms with van der Waals surface area (Å²) >= 11 is 18.5. The fourth-order valence-corrected chi connectivity index (χ4v) is 3.51. The zero-order valence-corrected chi connectivity index (χ0v) is 17.9. The average molecular weight is 439 g/mol. The Morgan fingerprint density at radius 3 is 2.50 bits per heavy atom. The number of hydrogen-bond donors (Lipinski definition) is 0. The molecule has 1 heterocycles. The van der Waals surface area contributed by atoms with Gasteiger partial charge in [-0.3, -0.25) is 0 Å². The zero-order valence-electron chi connectivity index (χ0n) is 15.6. The monoisotopic (exact) mass is 437 g/mol. The van der Waals surface area contributed by atoms with Crippen molar-refractivity contribution < 1.29 is 4.74 Å². The predicted molar refractivity (Wildman–Crippen MR) is 114 cm³/mol. The molecule has 0 bridgehead atoms. The smallest absolute Gasteiger partial charge is 0.104 e. The van der Waals surface area contributed by atoms with Gasteiger partial charge in [0.2, 0.25) is 0 Å². The fraction of sp³-hybridized carbons (Fsp3) is 0.333. The Morgan fingerprint density at radius 2 is 1.79 bits per heavy atom. The van der Waals surface area contributed by atoms with Gasteiger partial charge in [-0.25, -0.2) is 4.68 Å². The van der Waals surface area contributed by atoms with Crippen molar-refractivity contribution in [2.45, 2.75) is 45.4 Å². The quantitative estimate of drug-likeness (QED) is 0.381. The predicted octanol–water partition coefficient (Wildman–Crippen LogP) is 6.54. The molecule has 0 saturated carbocycles. The molecule has 0 radical (unpaired) electrons. The third-order valence-electron chi connectivity index (χ3n) is 4.40. The number of aryl methyl sites for hydroxylation is 1. The maximum atomic E-state index is 6.44. The van der Waals surface area contributed by atoms with Crippen molar-refractivity contribution in [3.05, 3.63) is 80.6 Å². The van der Waals surface area contributed by atoms with Gasteiger partial charge in [0, 0.05) is 26.8 Å². The van der Waals surface area contributed by atoms with Crippen molar-refractivity contribution >= 4 is 34.8 Å². The highest BCUT2D eigenvalue weighted by atomic mass is 35.5. The van der Waals surface area contributed by atoms with Crippen molar-refractivity contribution in [2.75, 3.05) is 0 Å². The Bertz CT molecular complexity index is 896. The van der Waals surface area contributed by atoms with E-state index in [9.17, 15) is 0 Å². The summed E-state index contributed by atoms with van der Waals surface area (Å²) in [6.45, 7) is 3.10. The number of nitrogens with zero attached hydrogens (tertiary/aromatic N) is 3. The van der Waals surface area contributed by atoms with Crippen LogP contribution in [-0.4, -0.2) is 15.0 Å². The van der Waals surface area contributed by atoms with Crippen LogP contribution in [0, 0.1) is 0 Å². The number of aromatic nitrogens is 3. The van der Waals surface area contributed by atoms with Gasteiger partial charge in [0.05, 0.1) is 18.8 Å². The highest BCUT2D eigenvalue weighted by Gasteiger charge is 2.18. The molecule has 0 aliphatic rings. The van der Waals surface area contributed by atoms with Gasteiger partial charge in [0.1, 0.15) is 6.10 Å². The van der Waals surface area contributed by atoms with E-state index in [0.717, 1.165) is 36.1 Å². The first kappa shape index (κ1) is 21.1. The Kier molecular flexibility index (Phi) is 7.74. The zero-order chi connectivity index (χ0) is 19.9. The minimum atomic E-state index is -0.291. The average Bonchev–Trinajstić information content (AvgIpc) is 3.12. The lowest BCUT2D eigenvalue weighted by molar-refractivity contribution is 0.0254. The molecule has 0 amide bonds. The highest BCUT2D eigenvalue weighted by Crippen LogP contribution is 2.30. The summed E-state index contributed by atoms with van der Waals surface area (Å²) in [6.07, 6.45) is 4.83. The van der Waals surface area contributed by atoms with Crippen molar-refractivity contribution in [3.63, 3.8) is 0 Å². The molecule has 28 heavy (non-hydrogen) atoms. The fourth-order valence-electron chi connectivity index (χ4n) is 2.85. The summed E-state index contributed by atoms with van der Waals surface area (Å²) in [5.41, 5.74) is 2.88. The molecule has 3 rings (SSSR count). The van der Waals surface area contributed by atoms with Gasteiger partial charge in [-0.1, -0.05) is 71.6 Å². The molecule has 0 N–H and O–H groups in total. The summed E-state index contributed by atoms with van der Waals surface area (Å²) < 4.78 is 8.02. The molecular formula is C21H22Cl3N3O. The number of benzene rings is 2. The molecule has 0 aliphatic heterocycles. The first-order valence-electron chi connectivity index (χ1n) is 9.25. The van der Waals surface area contributed by atoms with E-state index < -0.39 is 0 Å². The second-order valence-electron chi connectivity index (χ2n) is 6.63. The van der Waals surface area contributed by atoms with E-state index >= 15 is 0 Å². The van der Waals surface area contributed by atoms with Crippen LogP contribution in [0.1, 0.15) is 42.7 Å². The number of rotatable bonds is 9. The topological polar surface area (TPSA) is 39.9 Å². The van der Waals surface area contributed by atoms with Crippen LogP contribution in [0.4, 0.5) is 0 Å². The van der Waals surface area contributed by atoms with Crippen LogP contribution in [0.2, 0.25) is 15.1 Å². The number of hydrogen-bond acceptors (Lipinski definition) is 3. The minimum Gasteiger partial charge on any atom is -0.367 e. The molecule has 1 aromatic heterocycles. The maximum absolute atomic E-state index is 6.44. The standard InChI is InChI=1S/C21H22Cl3N3O/c1-2-3-4-18-12-27(26-25-18)13-21(19-10-9-17(23)11-20(19)24)28-14-15-5-7-16(22)8-6-15/h5-12,21H,2-4,13-14H2,1H3. The van der Waals surface area contributed by atoms with Crippen LogP contribution >= 0.6 is 34.8 Å². The van der Waals surface area contributed by atoms with E-state index in [-0.39, 0.29) is 6.10 Å². The van der Waals surface area contributed by atoms with Gasteiger partial charge < -0.3 is 4.74 Å². The van der Waals surface area contributed by atoms with Gasteiger partial charge >= 0.3 is 0 Å². The molecule has 0 saturated heterocycles. The number of ether oxygens (including phenoxy) is 1. The largest absolute Gasteiger partial charge is 0.367 e. The second kappa shape index (κ2) is 10.3. The van der Waals surface area contributed by atoms with Crippen molar-refractivity contribution in [3.8, 4) is 0 Å². The normalized spacial score (nSPS) is 12.3. The number of halogens is 3. The van der Waals surface area contributed by atoms with Gasteiger partial charge in [-0.05, 0) is 42.7 Å². The first-order chi connectivity index (χ1) is 13.5. The summed E-state index contributed by atoms with van der Waals surface area (Å²) in [4.78, 5) is 0. The lowest BCUT2D eigenvalue weighted by Gasteiger charge is -2.20. The molecule has 7 heteroatoms. The molecule has 3 aromatic rings. The molecule has 0 aliphatic carbocycles. The third-order valence-corrected chi connectivity index (χ3v) is 5.21. The Morgan fingerprint density at radius 1 is 1.04 bits per heavy atom. The van der Waals surface area contributed by atoms with Crippen molar-refractivity contribution in [1.82, 2.24) is 15.0 Å². The highest BCUT2D eigenvalue weighted by molar-refractivity contribution is 6.35. The first-order valence-corrected chi connectivity index (χ1v) is 10.4. The van der Waals surface area contributed by atoms with E-state index in [2.05, 4.69) is 17.2 Å². The third kappa shape index (κ3) is 5.95. The van der Waals surface area contributed by atoms with Crippen LogP contribution in [0.5, 0.6) is 0 Å². The van der Waals surface area contributed by atoms with E-state index in [0.29, 0.717) is 28.2 Å². The SMILES string of the molecule is CCCCc1cn(CC(OCc2ccc(Cl)cc2)c2ccc(Cl)cc2Cl)nn1. The maximum Gasteiger partial charge on any atom is 0.104 e. The molecule has 148 valence electrons. The summed E-state index contributed by atoms with van der Waals surface area (Å²) in [5, 5.41) is 10.4. The summed E-state index contributed by atoms with van der Waals surface area (Å²) in [6, 6.07) is 13.0. The van der Waals surface area contributed by atoms with E-state index in [1.54, 1.807) is 6.07 Å². The van der Waals surface area contributed by atoms with Gasteiger partial charge in [-0.15, -0.1) is 5.10 Å². The van der Waals surface area contributed by atoms with Crippen LogP contribution in [0.3, 0.4) is 0 Å². The van der Waals surface area contributed by atoms with Gasteiger partial charge in [-0.2, -0.15) is 0 Å². The van der Waals surface area contributed by atoms with E-state index in [1.807, 2.05) is 47.3 Å². The Balaban J connectivity index is 1.77. The molecule has 0 spiro atoms. The molecule has 1 unspecified atom stereocenters. The van der Waals surface area contributed by atoms with Crippen LogP contribution in [-0.2, 0) is 24.3 Å². The van der Waals surface area contributed by atoms with Crippen LogP contribution < -0.4 is 0 Å². The Hall–Kier alpha value is -1.59. The molecule has 1 atom stereocenters. The lowest BCUT2D eigenvalue weighted by Crippen LogP contribution is -2.14. The minimum absolute atomic E-state index is 0.291. The van der Waals surface area contributed by atoms with Crippen LogP contribution in [0.25, 0.3) is 0 Å². The molecule has 4 nitrogen and oxygen atoms in total. The number of unbranched alkanes of at least 4 members (excludes halogenated alkanes) is 1. The lowest BCUT2D eigenvalue weighted by atomic mass is 10.1.